The Morgan fingerprint density at radius 1 is 1.10 bits per heavy atom. The van der Waals surface area contributed by atoms with E-state index in [1.54, 1.807) is 18.2 Å². The van der Waals surface area contributed by atoms with Gasteiger partial charge in [0.15, 0.2) is 0 Å². The number of anilines is 2. The third kappa shape index (κ3) is 4.88. The Morgan fingerprint density at radius 2 is 1.97 bits per heavy atom. The van der Waals surface area contributed by atoms with E-state index < -0.39 is 0 Å². The highest BCUT2D eigenvalue weighted by molar-refractivity contribution is 5.94. The predicted molar refractivity (Wildman–Crippen MR) is 113 cm³/mol. The van der Waals surface area contributed by atoms with Gasteiger partial charge in [-0.05, 0) is 54.8 Å². The van der Waals surface area contributed by atoms with E-state index in [-0.39, 0.29) is 5.91 Å². The molecule has 1 fully saturated rings. The molecule has 0 saturated carbocycles. The van der Waals surface area contributed by atoms with Crippen molar-refractivity contribution in [2.45, 2.75) is 26.2 Å². The van der Waals surface area contributed by atoms with Gasteiger partial charge in [-0.25, -0.2) is 14.6 Å². The van der Waals surface area contributed by atoms with Gasteiger partial charge in [-0.1, -0.05) is 6.07 Å². The zero-order chi connectivity index (χ0) is 20.8. The van der Waals surface area contributed by atoms with Crippen molar-refractivity contribution in [3.8, 4) is 5.69 Å². The number of carbonyl (C=O) groups excluding carboxylic acids is 1. The molecular formula is C20H25N9O. The quantitative estimate of drug-likeness (QED) is 0.568. The smallest absolute Gasteiger partial charge is 0.251 e. The Labute approximate surface area is 174 Å². The van der Waals surface area contributed by atoms with Crippen LogP contribution in [0, 0.1) is 6.92 Å². The van der Waals surface area contributed by atoms with Crippen molar-refractivity contribution in [1.82, 2.24) is 35.5 Å². The maximum absolute atomic E-state index is 12.5. The van der Waals surface area contributed by atoms with E-state index in [0.29, 0.717) is 18.7 Å². The lowest BCUT2D eigenvalue weighted by atomic mass is 10.1. The Morgan fingerprint density at radius 3 is 2.77 bits per heavy atom. The summed E-state index contributed by atoms with van der Waals surface area (Å²) >= 11 is 0. The molecule has 0 radical (unpaired) electrons. The van der Waals surface area contributed by atoms with Crippen molar-refractivity contribution >= 4 is 17.5 Å². The molecule has 0 aliphatic carbocycles. The van der Waals surface area contributed by atoms with Crippen molar-refractivity contribution < 1.29 is 4.79 Å². The second-order valence-electron chi connectivity index (χ2n) is 7.19. The Balaban J connectivity index is 1.30. The molecule has 1 aromatic carbocycles. The van der Waals surface area contributed by atoms with Crippen LogP contribution < -0.4 is 15.5 Å². The highest BCUT2D eigenvalue weighted by atomic mass is 16.1. The fourth-order valence-corrected chi connectivity index (χ4v) is 3.47. The summed E-state index contributed by atoms with van der Waals surface area (Å²) in [6.45, 7) is 5.01. The Hall–Kier alpha value is -3.56. The Bertz CT molecular complexity index is 984. The first-order valence-electron chi connectivity index (χ1n) is 10.2. The van der Waals surface area contributed by atoms with E-state index in [2.05, 4.69) is 41.0 Å². The average molecular weight is 407 g/mol. The van der Waals surface area contributed by atoms with Gasteiger partial charge in [-0.15, -0.1) is 5.10 Å². The topological polar surface area (TPSA) is 114 Å². The summed E-state index contributed by atoms with van der Waals surface area (Å²) in [4.78, 5) is 23.8. The SMILES string of the molecule is Cc1nc(NCCNC(=O)c2cccc(-n3cnnn3)c2)cc(N2CCCCC2)n1. The van der Waals surface area contributed by atoms with Gasteiger partial charge in [-0.2, -0.15) is 0 Å². The summed E-state index contributed by atoms with van der Waals surface area (Å²) in [5.41, 5.74) is 1.28. The molecule has 0 atom stereocenters. The largest absolute Gasteiger partial charge is 0.368 e. The number of nitrogens with one attached hydrogen (secondary N) is 2. The molecule has 10 heteroatoms. The molecule has 30 heavy (non-hydrogen) atoms. The first-order valence-corrected chi connectivity index (χ1v) is 10.2. The highest BCUT2D eigenvalue weighted by Gasteiger charge is 2.14. The van der Waals surface area contributed by atoms with Crippen LogP contribution in [0.1, 0.15) is 35.4 Å². The minimum Gasteiger partial charge on any atom is -0.368 e. The van der Waals surface area contributed by atoms with Crippen LogP contribution in [0.3, 0.4) is 0 Å². The molecule has 1 aliphatic heterocycles. The number of carbonyl (C=O) groups is 1. The molecule has 0 bridgehead atoms. The molecule has 1 amide bonds. The molecule has 3 heterocycles. The summed E-state index contributed by atoms with van der Waals surface area (Å²) in [6, 6.07) is 9.13. The number of aromatic nitrogens is 6. The first-order chi connectivity index (χ1) is 14.7. The molecule has 2 aromatic heterocycles. The van der Waals surface area contributed by atoms with Crippen LogP contribution in [-0.2, 0) is 0 Å². The monoisotopic (exact) mass is 407 g/mol. The van der Waals surface area contributed by atoms with Crippen LogP contribution in [0.4, 0.5) is 11.6 Å². The van der Waals surface area contributed by atoms with Crippen LogP contribution >= 0.6 is 0 Å². The highest BCUT2D eigenvalue weighted by Crippen LogP contribution is 2.20. The molecule has 1 aliphatic rings. The fraction of sp³-hybridized carbons (Fsp3) is 0.400. The normalized spacial score (nSPS) is 13.8. The fourth-order valence-electron chi connectivity index (χ4n) is 3.47. The summed E-state index contributed by atoms with van der Waals surface area (Å²) in [5.74, 6) is 2.33. The molecule has 1 saturated heterocycles. The van der Waals surface area contributed by atoms with E-state index in [1.165, 1.54) is 30.3 Å². The third-order valence-corrected chi connectivity index (χ3v) is 4.94. The van der Waals surface area contributed by atoms with Gasteiger partial charge in [0.2, 0.25) is 0 Å². The zero-order valence-electron chi connectivity index (χ0n) is 17.0. The van der Waals surface area contributed by atoms with E-state index >= 15 is 0 Å². The van der Waals surface area contributed by atoms with Gasteiger partial charge < -0.3 is 15.5 Å². The van der Waals surface area contributed by atoms with Gasteiger partial charge in [0.1, 0.15) is 23.8 Å². The number of rotatable bonds is 7. The minimum absolute atomic E-state index is 0.153. The Kier molecular flexibility index (Phi) is 6.11. The second kappa shape index (κ2) is 9.29. The molecule has 0 unspecified atom stereocenters. The summed E-state index contributed by atoms with van der Waals surface area (Å²) in [6.07, 6.45) is 5.17. The van der Waals surface area contributed by atoms with Gasteiger partial charge in [0, 0.05) is 37.8 Å². The first kappa shape index (κ1) is 19.7. The summed E-state index contributed by atoms with van der Waals surface area (Å²) < 4.78 is 1.51. The molecule has 3 aromatic rings. The number of benzene rings is 1. The summed E-state index contributed by atoms with van der Waals surface area (Å²) in [5, 5.41) is 17.3. The molecular weight excluding hydrogens is 382 g/mol. The molecule has 156 valence electrons. The maximum atomic E-state index is 12.5. The lowest BCUT2D eigenvalue weighted by molar-refractivity contribution is 0.0955. The van der Waals surface area contributed by atoms with Crippen LogP contribution in [0.2, 0.25) is 0 Å². The third-order valence-electron chi connectivity index (χ3n) is 4.94. The molecule has 2 N–H and O–H groups in total. The number of aryl methyl sites for hydroxylation is 1. The van der Waals surface area contributed by atoms with Crippen molar-refractivity contribution in [3.05, 3.63) is 48.0 Å². The standard InChI is InChI=1S/C20H25N9O/c1-15-24-18(13-19(25-15)28-10-3-2-4-11-28)21-8-9-22-20(30)16-6-5-7-17(12-16)29-14-23-26-27-29/h5-7,12-14H,2-4,8-11H2,1H3,(H,22,30)(H,21,24,25). The predicted octanol–water partition coefficient (Wildman–Crippen LogP) is 1.59. The zero-order valence-corrected chi connectivity index (χ0v) is 17.0. The lowest BCUT2D eigenvalue weighted by Crippen LogP contribution is -2.31. The van der Waals surface area contributed by atoms with E-state index in [1.807, 2.05) is 19.1 Å². The number of piperidine rings is 1. The van der Waals surface area contributed by atoms with Crippen LogP contribution in [-0.4, -0.2) is 62.3 Å². The summed E-state index contributed by atoms with van der Waals surface area (Å²) in [7, 11) is 0. The van der Waals surface area contributed by atoms with Crippen molar-refractivity contribution in [1.29, 1.82) is 0 Å². The molecule has 0 spiro atoms. The minimum atomic E-state index is -0.153. The van der Waals surface area contributed by atoms with Crippen LogP contribution in [0.25, 0.3) is 5.69 Å². The lowest BCUT2D eigenvalue weighted by Gasteiger charge is -2.28. The van der Waals surface area contributed by atoms with Crippen LogP contribution in [0.15, 0.2) is 36.7 Å². The molecule has 10 nitrogen and oxygen atoms in total. The van der Waals surface area contributed by atoms with Crippen LogP contribution in [0.5, 0.6) is 0 Å². The van der Waals surface area contributed by atoms with Crippen molar-refractivity contribution in [2.24, 2.45) is 0 Å². The number of hydrogen-bond acceptors (Lipinski definition) is 8. The molecule has 4 rings (SSSR count). The number of nitrogens with zero attached hydrogens (tertiary/aromatic N) is 7. The van der Waals surface area contributed by atoms with E-state index in [4.69, 9.17) is 0 Å². The van der Waals surface area contributed by atoms with Gasteiger partial charge in [0.05, 0.1) is 5.69 Å². The van der Waals surface area contributed by atoms with Gasteiger partial charge >= 0.3 is 0 Å². The average Bonchev–Trinajstić information content (AvgIpc) is 3.32. The van der Waals surface area contributed by atoms with Crippen molar-refractivity contribution in [2.75, 3.05) is 36.4 Å². The number of tetrazole rings is 1. The second-order valence-corrected chi connectivity index (χ2v) is 7.19. The van der Waals surface area contributed by atoms with Gasteiger partial charge in [-0.3, -0.25) is 4.79 Å². The maximum Gasteiger partial charge on any atom is 0.251 e. The van der Waals surface area contributed by atoms with Gasteiger partial charge in [0.25, 0.3) is 5.91 Å². The van der Waals surface area contributed by atoms with Crippen molar-refractivity contribution in [3.63, 3.8) is 0 Å². The number of amides is 1. The van der Waals surface area contributed by atoms with E-state index in [9.17, 15) is 4.79 Å². The number of hydrogen-bond donors (Lipinski definition) is 2. The van der Waals surface area contributed by atoms with E-state index in [0.717, 1.165) is 36.2 Å².